The van der Waals surface area contributed by atoms with E-state index in [2.05, 4.69) is 21.8 Å². The Kier molecular flexibility index (Phi) is 15.5. The van der Waals surface area contributed by atoms with Gasteiger partial charge in [-0.05, 0) is 21.1 Å². The van der Waals surface area contributed by atoms with Crippen LogP contribution in [0.5, 0.6) is 0 Å². The predicted octanol–water partition coefficient (Wildman–Crippen LogP) is -0.120. The van der Waals surface area contributed by atoms with Gasteiger partial charge in [0.15, 0.2) is 0 Å². The fourth-order valence-electron chi connectivity index (χ4n) is 0. The molecule has 0 heterocycles. The predicted molar refractivity (Wildman–Crippen MR) is 43.6 cm³/mol. The maximum absolute atomic E-state index is 2.29. The highest BCUT2D eigenvalue weighted by Gasteiger charge is 1.58. The molecule has 0 aromatic heterocycles. The summed E-state index contributed by atoms with van der Waals surface area (Å²) in [6.07, 6.45) is 0. The molecule has 0 aliphatic rings. The van der Waals surface area contributed by atoms with Gasteiger partial charge < -0.3 is 4.90 Å². The molecule has 0 saturated heterocycles. The number of hydrogen-bond donors (Lipinski definition) is 0. The first-order valence-corrected chi connectivity index (χ1v) is 8.95. The van der Waals surface area contributed by atoms with E-state index in [1.807, 2.05) is 26.0 Å². The summed E-state index contributed by atoms with van der Waals surface area (Å²) in [6.45, 7) is 0. The highest BCUT2D eigenvalue weighted by atomic mass is 127. The summed E-state index contributed by atoms with van der Waals surface area (Å²) in [5, 5.41) is 0. The fraction of sp³-hybridized carbons (Fsp3) is 1.00. The molecule has 40 valence electrons. The van der Waals surface area contributed by atoms with Crippen molar-refractivity contribution in [1.82, 2.24) is 4.90 Å². The van der Waals surface area contributed by atoms with Crippen LogP contribution in [0.3, 0.4) is 0 Å². The van der Waals surface area contributed by atoms with Crippen molar-refractivity contribution in [2.45, 2.75) is 0 Å². The van der Waals surface area contributed by atoms with Gasteiger partial charge in [-0.2, -0.15) is 0 Å². The third-order valence-corrected chi connectivity index (χ3v) is 0. The van der Waals surface area contributed by atoms with E-state index >= 15 is 0 Å². The van der Waals surface area contributed by atoms with Gasteiger partial charge in [0.1, 0.15) is 0 Å². The van der Waals surface area contributed by atoms with E-state index in [0.29, 0.717) is 0 Å². The molecule has 0 radical (unpaired) electrons. The van der Waals surface area contributed by atoms with Crippen molar-refractivity contribution in [3.63, 3.8) is 0 Å². The minimum atomic E-state index is 1.28. The fourth-order valence-corrected chi connectivity index (χ4v) is 0. The van der Waals surface area contributed by atoms with Crippen LogP contribution >= 0.6 is 21.8 Å². The molecule has 0 N–H and O–H groups in total. The van der Waals surface area contributed by atoms with E-state index in [4.69, 9.17) is 0 Å². The van der Waals surface area contributed by atoms with E-state index in [0.717, 1.165) is 0 Å². The Bertz CT molecular complexity index is 15.5. The van der Waals surface area contributed by atoms with Crippen LogP contribution in [0.1, 0.15) is 0 Å². The summed E-state index contributed by atoms with van der Waals surface area (Å²) in [4.78, 5) is 2.00. The van der Waals surface area contributed by atoms with Crippen molar-refractivity contribution >= 4 is 29.5 Å². The quantitative estimate of drug-likeness (QED) is 0.310. The Morgan fingerprint density at radius 3 is 1.17 bits per heavy atom. The van der Waals surface area contributed by atoms with Gasteiger partial charge in [0.25, 0.3) is 0 Å². The Morgan fingerprint density at radius 1 is 1.17 bits per heavy atom. The lowest BCUT2D eigenvalue weighted by Gasteiger charge is -1.90. The number of rotatable bonds is 0. The van der Waals surface area contributed by atoms with Gasteiger partial charge in [-0.25, -0.2) is 0 Å². The number of halogens is 1. The van der Waals surface area contributed by atoms with Crippen LogP contribution in [0.15, 0.2) is 0 Å². The summed E-state index contributed by atoms with van der Waals surface area (Å²) in [6, 6.07) is 0. The summed E-state index contributed by atoms with van der Waals surface area (Å²) in [5.41, 5.74) is 0. The number of hydrogen-bond acceptors (Lipinski definition) is 1. The second-order valence-electron chi connectivity index (χ2n) is 1.34. The van der Waals surface area contributed by atoms with Gasteiger partial charge in [0.2, 0.25) is 0 Å². The van der Waals surface area contributed by atoms with Crippen LogP contribution in [0.2, 0.25) is 0 Å². The molecule has 0 aliphatic carbocycles. The summed E-state index contributed by atoms with van der Waals surface area (Å²) in [7, 11) is 7.28. The SMILES string of the molecule is CN(C)C.[SiH3]I. The Labute approximate surface area is 55.7 Å². The summed E-state index contributed by atoms with van der Waals surface area (Å²) in [5.74, 6) is 0. The van der Waals surface area contributed by atoms with Gasteiger partial charge in [0, 0.05) is 0 Å². The average Bonchev–Trinajstić information content (AvgIpc) is 1.41. The monoisotopic (exact) mass is 217 g/mol. The topological polar surface area (TPSA) is 3.24 Å². The van der Waals surface area contributed by atoms with Crippen LogP contribution in [0, 0.1) is 0 Å². The summed E-state index contributed by atoms with van der Waals surface area (Å²) < 4.78 is 0. The molecule has 0 rings (SSSR count). The van der Waals surface area contributed by atoms with E-state index < -0.39 is 0 Å². The highest BCUT2D eigenvalue weighted by molar-refractivity contribution is 14.1. The number of nitrogens with zero attached hydrogens (tertiary/aromatic N) is 1. The molecule has 0 fully saturated rings. The smallest absolute Gasteiger partial charge is 0.0778 e. The molecule has 0 aromatic rings. The molecule has 0 saturated carbocycles. The minimum absolute atomic E-state index is 1.28. The second kappa shape index (κ2) is 9.32. The van der Waals surface area contributed by atoms with Gasteiger partial charge in [-0.15, -0.1) is 21.8 Å². The van der Waals surface area contributed by atoms with Crippen molar-refractivity contribution in [2.24, 2.45) is 0 Å². The van der Waals surface area contributed by atoms with Gasteiger partial charge in [-0.3, -0.25) is 0 Å². The van der Waals surface area contributed by atoms with Crippen LogP contribution in [-0.2, 0) is 0 Å². The molecule has 0 amide bonds. The minimum Gasteiger partial charge on any atom is -0.312 e. The lowest BCUT2D eigenvalue weighted by Crippen LogP contribution is -1.99. The molecule has 1 nitrogen and oxygen atoms in total. The molecule has 0 atom stereocenters. The van der Waals surface area contributed by atoms with E-state index in [1.165, 1.54) is 7.74 Å². The van der Waals surface area contributed by atoms with E-state index in [9.17, 15) is 0 Å². The highest BCUT2D eigenvalue weighted by Crippen LogP contribution is 1.47. The molecule has 6 heavy (non-hydrogen) atoms. The standard InChI is InChI=1S/C3H9N.H3ISi/c1-4(2)3;1-2/h1-3H3;2H3. The molecule has 0 unspecified atom stereocenters. The maximum atomic E-state index is 2.29. The van der Waals surface area contributed by atoms with Crippen molar-refractivity contribution < 1.29 is 0 Å². The molecule has 0 aromatic carbocycles. The average molecular weight is 217 g/mol. The van der Waals surface area contributed by atoms with Crippen molar-refractivity contribution in [3.05, 3.63) is 0 Å². The van der Waals surface area contributed by atoms with Crippen molar-refractivity contribution in [1.29, 1.82) is 0 Å². The van der Waals surface area contributed by atoms with Gasteiger partial charge >= 0.3 is 0 Å². The molecular weight excluding hydrogens is 205 g/mol. The van der Waals surface area contributed by atoms with Crippen LogP contribution in [0.25, 0.3) is 0 Å². The first kappa shape index (κ1) is 10.0. The Hall–Kier alpha value is 0.907. The Balaban J connectivity index is 0. The van der Waals surface area contributed by atoms with Crippen LogP contribution in [0.4, 0.5) is 0 Å². The zero-order chi connectivity index (χ0) is 5.58. The van der Waals surface area contributed by atoms with Gasteiger partial charge in [-0.1, -0.05) is 0 Å². The lowest BCUT2D eigenvalue weighted by molar-refractivity contribution is 0.505. The largest absolute Gasteiger partial charge is 0.312 e. The first-order chi connectivity index (χ1) is 2.73. The van der Waals surface area contributed by atoms with Crippen molar-refractivity contribution in [3.8, 4) is 0 Å². The third-order valence-electron chi connectivity index (χ3n) is 0. The molecule has 3 heteroatoms. The van der Waals surface area contributed by atoms with Crippen LogP contribution in [-0.4, -0.2) is 33.8 Å². The van der Waals surface area contributed by atoms with E-state index in [1.54, 1.807) is 0 Å². The molecule has 0 spiro atoms. The maximum Gasteiger partial charge on any atom is 0.0778 e. The second-order valence-corrected chi connectivity index (χ2v) is 1.34. The van der Waals surface area contributed by atoms with E-state index in [-0.39, 0.29) is 0 Å². The molecule has 0 bridgehead atoms. The summed E-state index contributed by atoms with van der Waals surface area (Å²) >= 11 is 2.29. The Morgan fingerprint density at radius 2 is 1.17 bits per heavy atom. The van der Waals surface area contributed by atoms with Crippen LogP contribution < -0.4 is 0 Å². The lowest BCUT2D eigenvalue weighted by atomic mass is 11.0. The normalized spacial score (nSPS) is 7.50. The zero-order valence-electron chi connectivity index (χ0n) is 4.83. The third kappa shape index (κ3) is 91.1. The first-order valence-electron chi connectivity index (χ1n) is 1.72. The molecular formula is C3H12INSi. The zero-order valence-corrected chi connectivity index (χ0v) is 8.98. The van der Waals surface area contributed by atoms with Crippen molar-refractivity contribution in [2.75, 3.05) is 21.1 Å². The molecule has 0 aliphatic heterocycles. The van der Waals surface area contributed by atoms with Gasteiger partial charge in [0.05, 0.1) is 7.74 Å².